The molecule has 0 radical (unpaired) electrons. The van der Waals surface area contributed by atoms with Crippen LogP contribution in [0, 0.1) is 0 Å². The molecule has 26 heavy (non-hydrogen) atoms. The van der Waals surface area contributed by atoms with Crippen molar-refractivity contribution in [2.75, 3.05) is 18.1 Å². The normalized spacial score (nSPS) is 13.7. The molecule has 0 fully saturated rings. The van der Waals surface area contributed by atoms with Crippen molar-refractivity contribution in [3.05, 3.63) is 63.7 Å². The van der Waals surface area contributed by atoms with Crippen molar-refractivity contribution in [3.8, 4) is 0 Å². The van der Waals surface area contributed by atoms with E-state index in [4.69, 9.17) is 4.74 Å². The molecule has 0 unspecified atom stereocenters. The van der Waals surface area contributed by atoms with E-state index < -0.39 is 5.97 Å². The van der Waals surface area contributed by atoms with Gasteiger partial charge in [0, 0.05) is 24.5 Å². The van der Waals surface area contributed by atoms with Crippen LogP contribution < -0.4 is 10.5 Å². The van der Waals surface area contributed by atoms with Crippen LogP contribution in [-0.2, 0) is 17.7 Å². The van der Waals surface area contributed by atoms with E-state index in [1.807, 2.05) is 12.1 Å². The SMILES string of the molecule is CCOC(=O)c1c[nH]n2c(=O)cc(CN3CCCc4ccccc43)nc12. The highest BCUT2D eigenvalue weighted by molar-refractivity contribution is 5.95. The van der Waals surface area contributed by atoms with E-state index in [2.05, 4.69) is 27.1 Å². The summed E-state index contributed by atoms with van der Waals surface area (Å²) in [6.07, 6.45) is 3.59. The van der Waals surface area contributed by atoms with Crippen molar-refractivity contribution in [3.63, 3.8) is 0 Å². The maximum Gasteiger partial charge on any atom is 0.343 e. The Morgan fingerprint density at radius 3 is 3.04 bits per heavy atom. The Morgan fingerprint density at radius 1 is 1.35 bits per heavy atom. The monoisotopic (exact) mass is 352 g/mol. The number of anilines is 1. The van der Waals surface area contributed by atoms with Gasteiger partial charge < -0.3 is 9.64 Å². The van der Waals surface area contributed by atoms with Gasteiger partial charge in [0.1, 0.15) is 5.56 Å². The number of rotatable bonds is 4. The number of fused-ring (bicyclic) bond motifs is 2. The minimum atomic E-state index is -0.487. The van der Waals surface area contributed by atoms with E-state index in [-0.39, 0.29) is 17.7 Å². The first-order valence-electron chi connectivity index (χ1n) is 8.77. The second-order valence-corrected chi connectivity index (χ2v) is 6.31. The highest BCUT2D eigenvalue weighted by Crippen LogP contribution is 2.27. The quantitative estimate of drug-likeness (QED) is 0.728. The fraction of sp³-hybridized carbons (Fsp3) is 0.316. The predicted molar refractivity (Wildman–Crippen MR) is 97.6 cm³/mol. The summed E-state index contributed by atoms with van der Waals surface area (Å²) >= 11 is 0. The molecule has 0 saturated carbocycles. The van der Waals surface area contributed by atoms with Crippen LogP contribution in [0.1, 0.15) is 35.0 Å². The Morgan fingerprint density at radius 2 is 2.19 bits per heavy atom. The fourth-order valence-electron chi connectivity index (χ4n) is 3.44. The number of para-hydroxylation sites is 1. The molecule has 0 spiro atoms. The van der Waals surface area contributed by atoms with Gasteiger partial charge in [0.25, 0.3) is 5.56 Å². The smallest absolute Gasteiger partial charge is 0.343 e. The Bertz CT molecular complexity index is 1020. The van der Waals surface area contributed by atoms with Crippen molar-refractivity contribution in [2.45, 2.75) is 26.3 Å². The molecule has 0 amide bonds. The first-order valence-corrected chi connectivity index (χ1v) is 8.77. The lowest BCUT2D eigenvalue weighted by molar-refractivity contribution is 0.0528. The zero-order valence-corrected chi connectivity index (χ0v) is 14.6. The molecule has 0 atom stereocenters. The summed E-state index contributed by atoms with van der Waals surface area (Å²) in [6.45, 7) is 3.45. The molecule has 7 heteroatoms. The van der Waals surface area contributed by atoms with Crippen LogP contribution in [0.15, 0.2) is 41.3 Å². The number of carbonyl (C=O) groups excluding carboxylic acids is 1. The van der Waals surface area contributed by atoms with Crippen molar-refractivity contribution < 1.29 is 9.53 Å². The van der Waals surface area contributed by atoms with Gasteiger partial charge in [-0.1, -0.05) is 18.2 Å². The third-order valence-corrected chi connectivity index (χ3v) is 4.61. The summed E-state index contributed by atoms with van der Waals surface area (Å²) in [4.78, 5) is 31.3. The molecule has 134 valence electrons. The summed E-state index contributed by atoms with van der Waals surface area (Å²) in [5, 5.41) is 2.77. The lowest BCUT2D eigenvalue weighted by atomic mass is 10.0. The van der Waals surface area contributed by atoms with E-state index in [1.165, 1.54) is 28.0 Å². The van der Waals surface area contributed by atoms with Gasteiger partial charge in [-0.2, -0.15) is 0 Å². The number of aromatic nitrogens is 3. The summed E-state index contributed by atoms with van der Waals surface area (Å²) in [6, 6.07) is 9.81. The standard InChI is InChI=1S/C19H20N4O3/c1-2-26-19(25)15-11-20-23-17(24)10-14(21-18(15)23)12-22-9-5-7-13-6-3-4-8-16(13)22/h3-4,6,8,10-11,20H,2,5,7,9,12H2,1H3. The molecule has 0 aliphatic carbocycles. The number of carbonyl (C=O) groups is 1. The first kappa shape index (κ1) is 16.4. The highest BCUT2D eigenvalue weighted by Gasteiger charge is 2.20. The van der Waals surface area contributed by atoms with Crippen LogP contribution in [-0.4, -0.2) is 33.7 Å². The molecule has 1 aliphatic rings. The fourth-order valence-corrected chi connectivity index (χ4v) is 3.44. The van der Waals surface area contributed by atoms with Crippen LogP contribution >= 0.6 is 0 Å². The number of benzene rings is 1. The minimum absolute atomic E-state index is 0.245. The maximum atomic E-state index is 12.4. The molecule has 0 bridgehead atoms. The van der Waals surface area contributed by atoms with Crippen LogP contribution in [0.3, 0.4) is 0 Å². The molecule has 1 aliphatic heterocycles. The van der Waals surface area contributed by atoms with Crippen LogP contribution in [0.25, 0.3) is 5.65 Å². The van der Waals surface area contributed by atoms with E-state index in [9.17, 15) is 9.59 Å². The number of esters is 1. The molecule has 1 aromatic carbocycles. The average Bonchev–Trinajstić information content (AvgIpc) is 3.07. The molecule has 1 N–H and O–H groups in total. The predicted octanol–water partition coefficient (Wildman–Crippen LogP) is 2.15. The Balaban J connectivity index is 1.71. The Hall–Kier alpha value is -3.09. The molecular formula is C19H20N4O3. The lowest BCUT2D eigenvalue weighted by Crippen LogP contribution is -2.30. The molecular weight excluding hydrogens is 332 g/mol. The lowest BCUT2D eigenvalue weighted by Gasteiger charge is -2.30. The number of nitrogens with one attached hydrogen (secondary N) is 1. The second kappa shape index (κ2) is 6.67. The number of aryl methyl sites for hydroxylation is 1. The van der Waals surface area contributed by atoms with Gasteiger partial charge in [0.05, 0.1) is 18.8 Å². The Kier molecular flexibility index (Phi) is 4.20. The van der Waals surface area contributed by atoms with Gasteiger partial charge in [-0.05, 0) is 31.4 Å². The highest BCUT2D eigenvalue weighted by atomic mass is 16.5. The third-order valence-electron chi connectivity index (χ3n) is 4.61. The molecule has 4 rings (SSSR count). The molecule has 2 aromatic heterocycles. The number of ether oxygens (including phenoxy) is 1. The minimum Gasteiger partial charge on any atom is -0.462 e. The number of H-pyrrole nitrogens is 1. The largest absolute Gasteiger partial charge is 0.462 e. The van der Waals surface area contributed by atoms with Crippen molar-refractivity contribution in [2.24, 2.45) is 0 Å². The van der Waals surface area contributed by atoms with Gasteiger partial charge in [-0.25, -0.2) is 14.3 Å². The summed E-state index contributed by atoms with van der Waals surface area (Å²) in [7, 11) is 0. The topological polar surface area (TPSA) is 79.7 Å². The van der Waals surface area contributed by atoms with Crippen molar-refractivity contribution >= 4 is 17.3 Å². The van der Waals surface area contributed by atoms with Crippen LogP contribution in [0.5, 0.6) is 0 Å². The van der Waals surface area contributed by atoms with Crippen molar-refractivity contribution in [1.82, 2.24) is 14.6 Å². The number of hydrogen-bond acceptors (Lipinski definition) is 5. The average molecular weight is 352 g/mol. The number of hydrogen-bond donors (Lipinski definition) is 1. The van der Waals surface area contributed by atoms with Crippen molar-refractivity contribution in [1.29, 1.82) is 0 Å². The molecule has 3 heterocycles. The molecule has 7 nitrogen and oxygen atoms in total. The number of aromatic amines is 1. The van der Waals surface area contributed by atoms with Crippen LogP contribution in [0.2, 0.25) is 0 Å². The second-order valence-electron chi connectivity index (χ2n) is 6.31. The third kappa shape index (κ3) is 2.85. The maximum absolute atomic E-state index is 12.4. The zero-order chi connectivity index (χ0) is 18.1. The number of nitrogens with zero attached hydrogens (tertiary/aromatic N) is 3. The van der Waals surface area contributed by atoms with Gasteiger partial charge in [-0.15, -0.1) is 0 Å². The zero-order valence-electron chi connectivity index (χ0n) is 14.6. The van der Waals surface area contributed by atoms with Crippen LogP contribution in [0.4, 0.5) is 5.69 Å². The summed E-state index contributed by atoms with van der Waals surface area (Å²) < 4.78 is 6.31. The van der Waals surface area contributed by atoms with Gasteiger partial charge in [0.15, 0.2) is 5.65 Å². The van der Waals surface area contributed by atoms with E-state index in [1.54, 1.807) is 6.92 Å². The van der Waals surface area contributed by atoms with E-state index >= 15 is 0 Å². The molecule has 3 aromatic rings. The first-order chi connectivity index (χ1) is 12.7. The van der Waals surface area contributed by atoms with Gasteiger partial charge in [0.2, 0.25) is 0 Å². The summed E-state index contributed by atoms with van der Waals surface area (Å²) in [5.41, 5.74) is 3.45. The molecule has 0 saturated heterocycles. The summed E-state index contributed by atoms with van der Waals surface area (Å²) in [5.74, 6) is -0.487. The van der Waals surface area contributed by atoms with E-state index in [0.717, 1.165) is 19.4 Å². The van der Waals surface area contributed by atoms with Gasteiger partial charge in [-0.3, -0.25) is 9.89 Å². The van der Waals surface area contributed by atoms with E-state index in [0.29, 0.717) is 17.9 Å². The Labute approximate surface area is 150 Å². The van der Waals surface area contributed by atoms with Gasteiger partial charge >= 0.3 is 5.97 Å².